The van der Waals surface area contributed by atoms with Gasteiger partial charge < -0.3 is 5.84 Å². The van der Waals surface area contributed by atoms with Crippen molar-refractivity contribution in [2.24, 2.45) is 0 Å². The number of benzene rings is 2. The van der Waals surface area contributed by atoms with E-state index >= 15 is 0 Å². The first-order valence-corrected chi connectivity index (χ1v) is 7.36. The van der Waals surface area contributed by atoms with Crippen LogP contribution in [-0.4, -0.2) is 14.6 Å². The van der Waals surface area contributed by atoms with Crippen LogP contribution in [0.15, 0.2) is 60.9 Å². The second kappa shape index (κ2) is 5.15. The van der Waals surface area contributed by atoms with Gasteiger partial charge in [0.15, 0.2) is 0 Å². The molecule has 4 nitrogen and oxygen atoms in total. The Hall–Kier alpha value is -2.88. The third kappa shape index (κ3) is 2.09. The van der Waals surface area contributed by atoms with Gasteiger partial charge in [-0.1, -0.05) is 36.4 Å². The van der Waals surface area contributed by atoms with Crippen LogP contribution in [-0.2, 0) is 12.8 Å². The normalized spacial score (nSPS) is 11.3. The molecule has 0 amide bonds. The van der Waals surface area contributed by atoms with Crippen LogP contribution < -0.4 is 5.84 Å². The van der Waals surface area contributed by atoms with E-state index < -0.39 is 0 Å². The second-order valence-corrected chi connectivity index (χ2v) is 5.41. The van der Waals surface area contributed by atoms with E-state index in [0.717, 1.165) is 40.5 Å². The number of pyridine rings is 1. The number of hydrogen-bond donors (Lipinski definition) is 1. The molecule has 4 rings (SSSR count). The fourth-order valence-electron chi connectivity index (χ4n) is 2.85. The molecule has 0 unspecified atom stereocenters. The molecule has 22 heavy (non-hydrogen) atoms. The van der Waals surface area contributed by atoms with Gasteiger partial charge in [0.25, 0.3) is 0 Å². The van der Waals surface area contributed by atoms with Crippen molar-refractivity contribution in [3.05, 3.63) is 72.3 Å². The number of hydrogen-bond acceptors (Lipinski definition) is 3. The Bertz CT molecular complexity index is 941. The number of aromatic nitrogens is 3. The Morgan fingerprint density at radius 2 is 1.82 bits per heavy atom. The Morgan fingerprint density at radius 1 is 0.955 bits per heavy atom. The molecule has 0 fully saturated rings. The van der Waals surface area contributed by atoms with E-state index in [2.05, 4.69) is 35.3 Å². The van der Waals surface area contributed by atoms with Crippen LogP contribution in [0.5, 0.6) is 0 Å². The van der Waals surface area contributed by atoms with Crippen molar-refractivity contribution in [1.29, 1.82) is 0 Å². The van der Waals surface area contributed by atoms with Crippen LogP contribution in [0.4, 0.5) is 0 Å². The average molecular weight is 288 g/mol. The zero-order valence-corrected chi connectivity index (χ0v) is 12.1. The number of nitrogens with zero attached hydrogens (tertiary/aromatic N) is 3. The molecule has 4 heteroatoms. The van der Waals surface area contributed by atoms with Crippen LogP contribution in [0.25, 0.3) is 21.8 Å². The predicted molar refractivity (Wildman–Crippen MR) is 89.0 cm³/mol. The lowest BCUT2D eigenvalue weighted by Gasteiger charge is -2.02. The summed E-state index contributed by atoms with van der Waals surface area (Å²) in [5, 5.41) is 2.18. The maximum atomic E-state index is 6.23. The van der Waals surface area contributed by atoms with Crippen LogP contribution in [0.1, 0.15) is 11.4 Å². The third-order valence-electron chi connectivity index (χ3n) is 4.03. The highest BCUT2D eigenvalue weighted by molar-refractivity contribution is 6.03. The lowest BCUT2D eigenvalue weighted by atomic mass is 10.1. The molecule has 2 aromatic carbocycles. The minimum Gasteiger partial charge on any atom is -0.337 e. The van der Waals surface area contributed by atoms with Gasteiger partial charge in [-0.3, -0.25) is 4.98 Å². The topological polar surface area (TPSA) is 56.7 Å². The summed E-state index contributed by atoms with van der Waals surface area (Å²) in [4.78, 5) is 8.96. The number of nitrogens with two attached hydrogens (primary N) is 1. The van der Waals surface area contributed by atoms with Crippen molar-refractivity contribution in [3.8, 4) is 0 Å². The van der Waals surface area contributed by atoms with E-state index in [0.29, 0.717) is 0 Å². The summed E-state index contributed by atoms with van der Waals surface area (Å²) < 4.78 is 1.70. The van der Waals surface area contributed by atoms with Gasteiger partial charge in [0, 0.05) is 24.2 Å². The zero-order chi connectivity index (χ0) is 14.9. The molecule has 0 aliphatic rings. The molecule has 0 saturated heterocycles. The highest BCUT2D eigenvalue weighted by Gasteiger charge is 2.11. The van der Waals surface area contributed by atoms with E-state index in [9.17, 15) is 0 Å². The number of fused-ring (bicyclic) bond motifs is 3. The highest BCUT2D eigenvalue weighted by Crippen LogP contribution is 2.24. The van der Waals surface area contributed by atoms with E-state index in [-0.39, 0.29) is 0 Å². The molecular formula is C18H16N4. The molecule has 2 N–H and O–H groups in total. The number of aryl methyl sites for hydroxylation is 2. The van der Waals surface area contributed by atoms with Gasteiger partial charge in [-0.25, -0.2) is 9.66 Å². The van der Waals surface area contributed by atoms with Crippen LogP contribution in [0.2, 0.25) is 0 Å². The van der Waals surface area contributed by atoms with Crippen molar-refractivity contribution in [2.45, 2.75) is 12.8 Å². The molecule has 0 radical (unpaired) electrons. The van der Waals surface area contributed by atoms with E-state index in [1.807, 2.05) is 24.4 Å². The molecule has 0 aliphatic heterocycles. The van der Waals surface area contributed by atoms with Crippen molar-refractivity contribution < 1.29 is 0 Å². The van der Waals surface area contributed by atoms with Crippen molar-refractivity contribution >= 4 is 21.8 Å². The average Bonchev–Trinajstić information content (AvgIpc) is 2.91. The van der Waals surface area contributed by atoms with Gasteiger partial charge in [-0.2, -0.15) is 0 Å². The number of rotatable bonds is 3. The minimum absolute atomic E-state index is 0.816. The Balaban J connectivity index is 1.75. The summed E-state index contributed by atoms with van der Waals surface area (Å²) >= 11 is 0. The van der Waals surface area contributed by atoms with Crippen LogP contribution in [0, 0.1) is 0 Å². The smallest absolute Gasteiger partial charge is 0.128 e. The SMILES string of the molecule is Nn1c(CCc2ccccc2)nc2c3cnccc3ccc21. The lowest BCUT2D eigenvalue weighted by molar-refractivity contribution is 0.819. The molecule has 0 atom stereocenters. The second-order valence-electron chi connectivity index (χ2n) is 5.41. The largest absolute Gasteiger partial charge is 0.337 e. The molecule has 0 bridgehead atoms. The maximum Gasteiger partial charge on any atom is 0.128 e. The fourth-order valence-corrected chi connectivity index (χ4v) is 2.85. The minimum atomic E-state index is 0.816. The molecule has 2 heterocycles. The summed E-state index contributed by atoms with van der Waals surface area (Å²) in [6.45, 7) is 0. The molecule has 108 valence electrons. The predicted octanol–water partition coefficient (Wildman–Crippen LogP) is 3.08. The first kappa shape index (κ1) is 12.8. The van der Waals surface area contributed by atoms with E-state index in [1.165, 1.54) is 5.56 Å². The molecule has 0 aliphatic carbocycles. The summed E-state index contributed by atoms with van der Waals surface area (Å²) in [5.41, 5.74) is 3.17. The number of nitrogen functional groups attached to an aromatic ring is 1. The van der Waals surface area contributed by atoms with Crippen LogP contribution in [0.3, 0.4) is 0 Å². The highest BCUT2D eigenvalue weighted by atomic mass is 15.3. The van der Waals surface area contributed by atoms with Gasteiger partial charge in [0.1, 0.15) is 11.3 Å². The first-order valence-electron chi connectivity index (χ1n) is 7.36. The van der Waals surface area contributed by atoms with Crippen molar-refractivity contribution in [3.63, 3.8) is 0 Å². The van der Waals surface area contributed by atoms with Crippen LogP contribution >= 0.6 is 0 Å². The van der Waals surface area contributed by atoms with Crippen molar-refractivity contribution in [1.82, 2.24) is 14.6 Å². The fraction of sp³-hybridized carbons (Fsp3) is 0.111. The van der Waals surface area contributed by atoms with Crippen molar-refractivity contribution in [2.75, 3.05) is 5.84 Å². The summed E-state index contributed by atoms with van der Waals surface area (Å²) in [7, 11) is 0. The van der Waals surface area contributed by atoms with Gasteiger partial charge >= 0.3 is 0 Å². The first-order chi connectivity index (χ1) is 10.8. The zero-order valence-electron chi connectivity index (χ0n) is 12.1. The van der Waals surface area contributed by atoms with Gasteiger partial charge in [-0.15, -0.1) is 0 Å². The third-order valence-corrected chi connectivity index (χ3v) is 4.03. The van der Waals surface area contributed by atoms with E-state index in [4.69, 9.17) is 10.8 Å². The molecule has 2 aromatic heterocycles. The Kier molecular flexibility index (Phi) is 3.00. The molecular weight excluding hydrogens is 272 g/mol. The van der Waals surface area contributed by atoms with Gasteiger partial charge in [0.05, 0.1) is 5.52 Å². The summed E-state index contributed by atoms with van der Waals surface area (Å²) in [6.07, 6.45) is 5.39. The Morgan fingerprint density at radius 3 is 2.68 bits per heavy atom. The molecule has 0 saturated carbocycles. The molecule has 0 spiro atoms. The monoisotopic (exact) mass is 288 g/mol. The Labute approximate surface area is 128 Å². The number of imidazole rings is 1. The van der Waals surface area contributed by atoms with Gasteiger partial charge in [-0.05, 0) is 29.5 Å². The standard InChI is InChI=1S/C18H16N4/c19-22-16-8-7-14-10-11-20-12-15(14)18(16)21-17(22)9-6-13-4-2-1-3-5-13/h1-5,7-8,10-12H,6,9,19H2. The summed E-state index contributed by atoms with van der Waals surface area (Å²) in [6, 6.07) is 16.5. The van der Waals surface area contributed by atoms with E-state index in [1.54, 1.807) is 10.9 Å². The summed E-state index contributed by atoms with van der Waals surface area (Å²) in [5.74, 6) is 7.13. The maximum absolute atomic E-state index is 6.23. The quantitative estimate of drug-likeness (QED) is 0.589. The lowest BCUT2D eigenvalue weighted by Crippen LogP contribution is -2.13. The van der Waals surface area contributed by atoms with Gasteiger partial charge in [0.2, 0.25) is 0 Å². The molecule has 4 aromatic rings.